The number of carboxylic acids is 1. The zero-order chi connectivity index (χ0) is 17.6. The fourth-order valence-electron chi connectivity index (χ4n) is 1.85. The van der Waals surface area contributed by atoms with Gasteiger partial charge in [0.1, 0.15) is 11.9 Å². The molecule has 0 aliphatic rings. The Kier molecular flexibility index (Phi) is 6.64. The van der Waals surface area contributed by atoms with Crippen LogP contribution in [-0.2, 0) is 19.6 Å². The van der Waals surface area contributed by atoms with E-state index in [1.54, 1.807) is 0 Å². The molecular weight excluding hydrogens is 329 g/mol. The maximum atomic E-state index is 13.5. The number of hydrogen-bond donors (Lipinski definition) is 2. The van der Waals surface area contributed by atoms with E-state index in [0.717, 1.165) is 19.2 Å². The molecule has 0 spiro atoms. The summed E-state index contributed by atoms with van der Waals surface area (Å²) in [5, 5.41) is 9.07. The van der Waals surface area contributed by atoms with E-state index in [1.807, 2.05) is 11.6 Å². The molecule has 7 nitrogen and oxygen atoms in total. The number of hydrogen-bond acceptors (Lipinski definition) is 5. The summed E-state index contributed by atoms with van der Waals surface area (Å²) in [6, 6.07) is 1.13. The van der Waals surface area contributed by atoms with Gasteiger partial charge in [-0.15, -0.1) is 0 Å². The first-order valence-corrected chi connectivity index (χ1v) is 8.33. The second-order valence-electron chi connectivity index (χ2n) is 4.82. The van der Waals surface area contributed by atoms with E-state index in [1.165, 1.54) is 0 Å². The minimum atomic E-state index is -4.30. The summed E-state index contributed by atoms with van der Waals surface area (Å²) in [6.07, 6.45) is 1.30. The zero-order valence-electron chi connectivity index (χ0n) is 12.7. The Bertz CT molecular complexity index is 689. The molecule has 0 aliphatic carbocycles. The highest BCUT2D eigenvalue weighted by Gasteiger charge is 2.26. The molecule has 1 aromatic carbocycles. The molecular formula is C14H18FNO6S. The quantitative estimate of drug-likeness (QED) is 0.690. The predicted octanol–water partition coefficient (Wildman–Crippen LogP) is 1.53. The molecule has 0 aromatic heterocycles. The lowest BCUT2D eigenvalue weighted by molar-refractivity contribution is -0.139. The molecule has 0 unspecified atom stereocenters. The van der Waals surface area contributed by atoms with Gasteiger partial charge in [-0.2, -0.15) is 4.72 Å². The van der Waals surface area contributed by atoms with Gasteiger partial charge in [-0.3, -0.25) is 4.79 Å². The number of rotatable bonds is 8. The van der Waals surface area contributed by atoms with Crippen molar-refractivity contribution >= 4 is 22.0 Å². The van der Waals surface area contributed by atoms with Crippen LogP contribution in [0, 0.1) is 5.82 Å². The van der Waals surface area contributed by atoms with Gasteiger partial charge >= 0.3 is 11.9 Å². The third kappa shape index (κ3) is 5.29. The Morgan fingerprint density at radius 2 is 2.00 bits per heavy atom. The second kappa shape index (κ2) is 8.02. The number of carboxylic acid groups (broad SMARTS) is 1. The van der Waals surface area contributed by atoms with E-state index < -0.39 is 38.7 Å². The Morgan fingerprint density at radius 3 is 2.52 bits per heavy atom. The van der Waals surface area contributed by atoms with Crippen molar-refractivity contribution in [3.05, 3.63) is 29.6 Å². The SMILES string of the molecule is CCCC[C@H](NS(=O)(=O)c1cc(F)cc(C(=O)OC)c1)C(=O)O. The lowest BCUT2D eigenvalue weighted by atomic mass is 10.1. The van der Waals surface area contributed by atoms with Crippen molar-refractivity contribution in [1.82, 2.24) is 4.72 Å². The summed E-state index contributed by atoms with van der Waals surface area (Å²) in [4.78, 5) is 22.0. The van der Waals surface area contributed by atoms with Gasteiger partial charge in [-0.05, 0) is 24.6 Å². The Morgan fingerprint density at radius 1 is 1.35 bits per heavy atom. The molecule has 1 atom stereocenters. The van der Waals surface area contributed by atoms with Crippen LogP contribution in [0.3, 0.4) is 0 Å². The smallest absolute Gasteiger partial charge is 0.337 e. The average molecular weight is 347 g/mol. The number of aliphatic carboxylic acids is 1. The first-order chi connectivity index (χ1) is 10.7. The van der Waals surface area contributed by atoms with Gasteiger partial charge in [0, 0.05) is 0 Å². The van der Waals surface area contributed by atoms with Crippen LogP contribution >= 0.6 is 0 Å². The van der Waals surface area contributed by atoms with Crippen molar-refractivity contribution in [1.29, 1.82) is 0 Å². The summed E-state index contributed by atoms with van der Waals surface area (Å²) >= 11 is 0. The van der Waals surface area contributed by atoms with Gasteiger partial charge in [0.05, 0.1) is 17.6 Å². The highest BCUT2D eigenvalue weighted by Crippen LogP contribution is 2.16. The van der Waals surface area contributed by atoms with Gasteiger partial charge in [0.15, 0.2) is 0 Å². The molecule has 1 aromatic rings. The molecule has 23 heavy (non-hydrogen) atoms. The number of carbonyl (C=O) groups is 2. The van der Waals surface area contributed by atoms with Crippen LogP contribution in [0.15, 0.2) is 23.1 Å². The predicted molar refractivity (Wildman–Crippen MR) is 79.0 cm³/mol. The highest BCUT2D eigenvalue weighted by molar-refractivity contribution is 7.89. The van der Waals surface area contributed by atoms with E-state index in [0.29, 0.717) is 18.9 Å². The largest absolute Gasteiger partial charge is 0.480 e. The Balaban J connectivity index is 3.14. The summed E-state index contributed by atoms with van der Waals surface area (Å²) < 4.78 is 44.4. The van der Waals surface area contributed by atoms with Gasteiger partial charge in [-0.25, -0.2) is 17.6 Å². The van der Waals surface area contributed by atoms with Crippen molar-refractivity contribution in [2.24, 2.45) is 0 Å². The number of ether oxygens (including phenoxy) is 1. The molecule has 0 aliphatic heterocycles. The number of carbonyl (C=O) groups excluding carboxylic acids is 1. The lowest BCUT2D eigenvalue weighted by Gasteiger charge is -2.15. The molecule has 0 bridgehead atoms. The number of sulfonamides is 1. The molecule has 9 heteroatoms. The number of methoxy groups -OCH3 is 1. The van der Waals surface area contributed by atoms with E-state index in [9.17, 15) is 22.4 Å². The number of nitrogens with one attached hydrogen (secondary N) is 1. The molecule has 0 amide bonds. The monoisotopic (exact) mass is 347 g/mol. The molecule has 0 radical (unpaired) electrons. The van der Waals surface area contributed by atoms with Crippen molar-refractivity contribution in [3.63, 3.8) is 0 Å². The minimum absolute atomic E-state index is 0.101. The van der Waals surface area contributed by atoms with E-state index in [4.69, 9.17) is 5.11 Å². The fraction of sp³-hybridized carbons (Fsp3) is 0.429. The van der Waals surface area contributed by atoms with Crippen molar-refractivity contribution in [2.45, 2.75) is 37.1 Å². The number of unbranched alkanes of at least 4 members (excludes halogenated alkanes) is 1. The third-order valence-electron chi connectivity index (χ3n) is 3.04. The second-order valence-corrected chi connectivity index (χ2v) is 6.54. The van der Waals surface area contributed by atoms with Crippen molar-refractivity contribution in [2.75, 3.05) is 7.11 Å². The van der Waals surface area contributed by atoms with E-state index in [2.05, 4.69) is 4.74 Å². The summed E-state index contributed by atoms with van der Waals surface area (Å²) in [7, 11) is -3.23. The third-order valence-corrected chi connectivity index (χ3v) is 4.50. The highest BCUT2D eigenvalue weighted by atomic mass is 32.2. The van der Waals surface area contributed by atoms with Gasteiger partial charge < -0.3 is 9.84 Å². The molecule has 0 fully saturated rings. The Labute approximate surface area is 133 Å². The van der Waals surface area contributed by atoms with Crippen LogP contribution in [0.2, 0.25) is 0 Å². The van der Waals surface area contributed by atoms with E-state index >= 15 is 0 Å². The fourth-order valence-corrected chi connectivity index (χ4v) is 3.13. The number of halogens is 1. The maximum absolute atomic E-state index is 13.5. The molecule has 2 N–H and O–H groups in total. The van der Waals surface area contributed by atoms with Crippen molar-refractivity contribution < 1.29 is 32.2 Å². The summed E-state index contributed by atoms with van der Waals surface area (Å²) in [5.41, 5.74) is -0.284. The standard InChI is InChI=1S/C14H18FNO6S/c1-3-4-5-12(13(17)18)16-23(20,21)11-7-9(14(19)22-2)6-10(15)8-11/h6-8,12,16H,3-5H2,1-2H3,(H,17,18)/t12-/m0/s1. The van der Waals surface area contributed by atoms with Crippen LogP contribution in [0.5, 0.6) is 0 Å². The number of benzene rings is 1. The van der Waals surface area contributed by atoms with E-state index in [-0.39, 0.29) is 12.0 Å². The van der Waals surface area contributed by atoms with Gasteiger partial charge in [0.2, 0.25) is 10.0 Å². The topological polar surface area (TPSA) is 110 Å². The summed E-state index contributed by atoms with van der Waals surface area (Å²) in [5.74, 6) is -3.18. The zero-order valence-corrected chi connectivity index (χ0v) is 13.5. The summed E-state index contributed by atoms with van der Waals surface area (Å²) in [6.45, 7) is 1.84. The van der Waals surface area contributed by atoms with Crippen LogP contribution in [-0.4, -0.2) is 38.6 Å². The van der Waals surface area contributed by atoms with Crippen LogP contribution < -0.4 is 4.72 Å². The molecule has 128 valence electrons. The minimum Gasteiger partial charge on any atom is -0.480 e. The average Bonchev–Trinajstić information content (AvgIpc) is 2.49. The number of esters is 1. The molecule has 0 heterocycles. The Hall–Kier alpha value is -2.00. The molecule has 1 rings (SSSR count). The molecule has 0 saturated carbocycles. The van der Waals surface area contributed by atoms with Gasteiger partial charge in [-0.1, -0.05) is 19.8 Å². The van der Waals surface area contributed by atoms with Crippen LogP contribution in [0.1, 0.15) is 36.5 Å². The van der Waals surface area contributed by atoms with Gasteiger partial charge in [0.25, 0.3) is 0 Å². The molecule has 0 saturated heterocycles. The van der Waals surface area contributed by atoms with Crippen LogP contribution in [0.25, 0.3) is 0 Å². The van der Waals surface area contributed by atoms with Crippen molar-refractivity contribution in [3.8, 4) is 0 Å². The van der Waals surface area contributed by atoms with Crippen LogP contribution in [0.4, 0.5) is 4.39 Å². The first kappa shape index (κ1) is 19.0. The maximum Gasteiger partial charge on any atom is 0.337 e. The lowest BCUT2D eigenvalue weighted by Crippen LogP contribution is -2.40. The normalized spacial score (nSPS) is 12.7. The first-order valence-electron chi connectivity index (χ1n) is 6.85.